The monoisotopic (exact) mass is 231 g/mol. The van der Waals surface area contributed by atoms with Crippen molar-refractivity contribution >= 4 is 14.2 Å². The van der Waals surface area contributed by atoms with Gasteiger partial charge in [-0.15, -0.1) is 0 Å². The lowest BCUT2D eigenvalue weighted by Gasteiger charge is -2.15. The quantitative estimate of drug-likeness (QED) is 0.539. The van der Waals surface area contributed by atoms with Crippen LogP contribution in [0.3, 0.4) is 0 Å². The minimum Gasteiger partial charge on any atom is -0.450 e. The second kappa shape index (κ2) is 7.74. The van der Waals surface area contributed by atoms with Crippen molar-refractivity contribution in [1.82, 2.24) is 5.32 Å². The Morgan fingerprint density at radius 1 is 1.27 bits per heavy atom. The summed E-state index contributed by atoms with van der Waals surface area (Å²) >= 11 is 0. The number of nitrogens with one attached hydrogen (secondary N) is 1. The van der Waals surface area contributed by atoms with Gasteiger partial charge in [0.2, 0.25) is 0 Å². The molecule has 0 radical (unpaired) electrons. The van der Waals surface area contributed by atoms with Crippen LogP contribution in [0.25, 0.3) is 0 Å². The predicted molar refractivity (Wildman–Crippen MR) is 67.0 cm³/mol. The number of hydrogen-bond donors (Lipinski definition) is 1. The maximum absolute atomic E-state index is 11.2. The molecule has 0 unspecified atom stereocenters. The van der Waals surface area contributed by atoms with Crippen LogP contribution in [0.4, 0.5) is 4.79 Å². The van der Waals surface area contributed by atoms with Crippen molar-refractivity contribution in [2.45, 2.75) is 51.9 Å². The Bertz CT molecular complexity index is 178. The highest BCUT2D eigenvalue weighted by Crippen LogP contribution is 2.07. The molecule has 90 valence electrons. The summed E-state index contributed by atoms with van der Waals surface area (Å²) in [5.74, 6) is 0. The van der Waals surface area contributed by atoms with Crippen LogP contribution >= 0.6 is 0 Å². The van der Waals surface area contributed by atoms with Crippen LogP contribution in [0.15, 0.2) is 0 Å². The normalized spacial score (nSPS) is 11.2. The van der Waals surface area contributed by atoms with E-state index in [0.717, 1.165) is 25.4 Å². The Hall–Kier alpha value is -0.513. The molecule has 0 aliphatic heterocycles. The molecule has 0 aromatic carbocycles. The van der Waals surface area contributed by atoms with Gasteiger partial charge in [0.15, 0.2) is 0 Å². The molecule has 15 heavy (non-hydrogen) atoms. The first-order valence-corrected chi connectivity index (χ1v) is 9.57. The van der Waals surface area contributed by atoms with Crippen molar-refractivity contribution in [3.63, 3.8) is 0 Å². The van der Waals surface area contributed by atoms with Crippen molar-refractivity contribution in [2.24, 2.45) is 0 Å². The fourth-order valence-electron chi connectivity index (χ4n) is 1.07. The van der Waals surface area contributed by atoms with Crippen LogP contribution < -0.4 is 5.32 Å². The van der Waals surface area contributed by atoms with Gasteiger partial charge >= 0.3 is 6.09 Å². The van der Waals surface area contributed by atoms with Crippen LogP contribution in [0.2, 0.25) is 25.7 Å². The van der Waals surface area contributed by atoms with Gasteiger partial charge in [0.1, 0.15) is 0 Å². The van der Waals surface area contributed by atoms with Crippen LogP contribution in [0.5, 0.6) is 0 Å². The molecular formula is C11H25NO2Si. The van der Waals surface area contributed by atoms with Gasteiger partial charge in [-0.2, -0.15) is 0 Å². The van der Waals surface area contributed by atoms with Crippen LogP contribution in [-0.4, -0.2) is 27.3 Å². The summed E-state index contributed by atoms with van der Waals surface area (Å²) in [6.07, 6.45) is 3.12. The maximum Gasteiger partial charge on any atom is 0.407 e. The van der Waals surface area contributed by atoms with Crippen molar-refractivity contribution in [2.75, 3.05) is 13.2 Å². The second-order valence-corrected chi connectivity index (χ2v) is 10.7. The molecule has 0 aliphatic rings. The summed E-state index contributed by atoms with van der Waals surface area (Å²) in [6.45, 7) is 10.3. The molecule has 3 nitrogen and oxygen atoms in total. The van der Waals surface area contributed by atoms with Crippen molar-refractivity contribution in [3.05, 3.63) is 0 Å². The third kappa shape index (κ3) is 11.4. The number of ether oxygens (including phenoxy) is 1. The Balaban J connectivity index is 3.34. The van der Waals surface area contributed by atoms with E-state index in [2.05, 4.69) is 31.9 Å². The molecule has 1 N–H and O–H groups in total. The predicted octanol–water partition coefficient (Wildman–Crippen LogP) is 3.24. The van der Waals surface area contributed by atoms with Crippen molar-refractivity contribution in [3.8, 4) is 0 Å². The molecule has 0 aromatic heterocycles. The number of carbonyl (C=O) groups is 1. The van der Waals surface area contributed by atoms with Crippen molar-refractivity contribution in [1.29, 1.82) is 0 Å². The third-order valence-electron chi connectivity index (χ3n) is 2.13. The molecule has 0 spiro atoms. The Labute approximate surface area is 94.6 Å². The fourth-order valence-corrected chi connectivity index (χ4v) is 1.78. The van der Waals surface area contributed by atoms with Gasteiger partial charge in [-0.05, 0) is 12.5 Å². The number of carbonyl (C=O) groups excluding carboxylic acids is 1. The van der Waals surface area contributed by atoms with Crippen molar-refractivity contribution < 1.29 is 9.53 Å². The van der Waals surface area contributed by atoms with E-state index < -0.39 is 8.07 Å². The number of alkyl carbamates (subject to hydrolysis) is 1. The lowest BCUT2D eigenvalue weighted by molar-refractivity contribution is 0.151. The van der Waals surface area contributed by atoms with Gasteiger partial charge in [0.25, 0.3) is 0 Å². The van der Waals surface area contributed by atoms with Gasteiger partial charge in [-0.3, -0.25) is 0 Å². The molecular weight excluding hydrogens is 206 g/mol. The molecule has 0 saturated heterocycles. The summed E-state index contributed by atoms with van der Waals surface area (Å²) in [7, 11) is -1.07. The van der Waals surface area contributed by atoms with Gasteiger partial charge in [-0.25, -0.2) is 4.79 Å². The standard InChI is InChI=1S/C11H25NO2Si/c1-5-6-7-8-12-11(13)14-9-10-15(2,3)4/h5-10H2,1-4H3,(H,12,13). The summed E-state index contributed by atoms with van der Waals surface area (Å²) in [6, 6.07) is 1.04. The highest BCUT2D eigenvalue weighted by molar-refractivity contribution is 6.76. The third-order valence-corrected chi connectivity index (χ3v) is 3.84. The summed E-state index contributed by atoms with van der Waals surface area (Å²) < 4.78 is 5.08. The Kier molecular flexibility index (Phi) is 7.47. The number of unbranched alkanes of at least 4 members (excludes halogenated alkanes) is 2. The van der Waals surface area contributed by atoms with E-state index in [0.29, 0.717) is 6.61 Å². The van der Waals surface area contributed by atoms with E-state index in [1.54, 1.807) is 0 Å². The minimum atomic E-state index is -1.07. The number of amides is 1. The first-order valence-electron chi connectivity index (χ1n) is 5.86. The SMILES string of the molecule is CCCCCNC(=O)OCC[Si](C)(C)C. The number of hydrogen-bond acceptors (Lipinski definition) is 2. The van der Waals surface area contributed by atoms with E-state index in [9.17, 15) is 4.79 Å². The van der Waals surface area contributed by atoms with E-state index in [1.807, 2.05) is 0 Å². The molecule has 4 heteroatoms. The molecule has 0 atom stereocenters. The summed E-state index contributed by atoms with van der Waals surface area (Å²) in [5, 5.41) is 2.76. The molecule has 0 bridgehead atoms. The Morgan fingerprint density at radius 2 is 1.93 bits per heavy atom. The van der Waals surface area contributed by atoms with E-state index in [-0.39, 0.29) is 6.09 Å². The zero-order valence-corrected chi connectivity index (χ0v) is 11.6. The Morgan fingerprint density at radius 3 is 2.47 bits per heavy atom. The van der Waals surface area contributed by atoms with Crippen LogP contribution in [0.1, 0.15) is 26.2 Å². The summed E-state index contributed by atoms with van der Waals surface area (Å²) in [4.78, 5) is 11.2. The minimum absolute atomic E-state index is 0.260. The van der Waals surface area contributed by atoms with E-state index in [1.165, 1.54) is 6.42 Å². The highest BCUT2D eigenvalue weighted by atomic mass is 28.3. The maximum atomic E-state index is 11.2. The smallest absolute Gasteiger partial charge is 0.407 e. The van der Waals surface area contributed by atoms with Gasteiger partial charge < -0.3 is 10.1 Å². The molecule has 0 rings (SSSR count). The van der Waals surface area contributed by atoms with E-state index in [4.69, 9.17) is 4.74 Å². The molecule has 0 fully saturated rings. The van der Waals surface area contributed by atoms with Crippen LogP contribution in [0, 0.1) is 0 Å². The summed E-state index contributed by atoms with van der Waals surface area (Å²) in [5.41, 5.74) is 0. The number of rotatable bonds is 7. The van der Waals surface area contributed by atoms with Gasteiger partial charge in [0.05, 0.1) is 6.61 Å². The molecule has 0 aliphatic carbocycles. The lowest BCUT2D eigenvalue weighted by atomic mass is 10.2. The van der Waals surface area contributed by atoms with Crippen LogP contribution in [-0.2, 0) is 4.74 Å². The van der Waals surface area contributed by atoms with Gasteiger partial charge in [0, 0.05) is 14.6 Å². The first-order chi connectivity index (χ1) is 6.95. The zero-order valence-electron chi connectivity index (χ0n) is 10.6. The molecule has 0 saturated carbocycles. The zero-order chi connectivity index (χ0) is 11.7. The second-order valence-electron chi connectivity index (χ2n) is 5.08. The molecule has 1 amide bonds. The average molecular weight is 231 g/mol. The lowest BCUT2D eigenvalue weighted by Crippen LogP contribution is -2.28. The molecule has 0 aromatic rings. The highest BCUT2D eigenvalue weighted by Gasteiger charge is 2.13. The largest absolute Gasteiger partial charge is 0.450 e. The van der Waals surface area contributed by atoms with E-state index >= 15 is 0 Å². The topological polar surface area (TPSA) is 38.3 Å². The average Bonchev–Trinajstić information content (AvgIpc) is 2.10. The van der Waals surface area contributed by atoms with Gasteiger partial charge in [-0.1, -0.05) is 39.4 Å². The molecule has 0 heterocycles. The fraction of sp³-hybridized carbons (Fsp3) is 0.909. The first kappa shape index (κ1) is 14.5.